The van der Waals surface area contributed by atoms with E-state index in [1.165, 1.54) is 6.07 Å². The number of fused-ring (bicyclic) bond motifs is 1. The van der Waals surface area contributed by atoms with Crippen LogP contribution in [0.4, 0.5) is 5.69 Å². The highest BCUT2D eigenvalue weighted by molar-refractivity contribution is 7.80. The number of hydrogen-bond donors (Lipinski definition) is 3. The van der Waals surface area contributed by atoms with Gasteiger partial charge in [-0.25, -0.2) is 4.98 Å². The topological polar surface area (TPSA) is 87.4 Å². The summed E-state index contributed by atoms with van der Waals surface area (Å²) in [6.45, 7) is 5.90. The third kappa shape index (κ3) is 4.62. The van der Waals surface area contributed by atoms with Crippen molar-refractivity contribution in [2.75, 3.05) is 5.32 Å². The number of aromatic nitrogens is 1. The second kappa shape index (κ2) is 7.75. The van der Waals surface area contributed by atoms with Gasteiger partial charge in [-0.1, -0.05) is 19.9 Å². The molecule has 6 nitrogen and oxygen atoms in total. The van der Waals surface area contributed by atoms with Gasteiger partial charge in [0.2, 0.25) is 11.8 Å². The number of hydrogen-bond acceptors (Lipinski definition) is 5. The van der Waals surface area contributed by atoms with E-state index in [0.29, 0.717) is 34.7 Å². The molecule has 0 atom stereocenters. The maximum absolute atomic E-state index is 11.8. The molecule has 0 aliphatic heterocycles. The minimum absolute atomic E-state index is 0.0404. The summed E-state index contributed by atoms with van der Waals surface area (Å²) in [4.78, 5) is 16.2. The van der Waals surface area contributed by atoms with Gasteiger partial charge < -0.3 is 20.2 Å². The third-order valence-electron chi connectivity index (χ3n) is 3.88. The van der Waals surface area contributed by atoms with Crippen LogP contribution in [0.15, 0.2) is 40.8 Å². The van der Waals surface area contributed by atoms with Crippen LogP contribution in [0, 0.1) is 12.8 Å². The SMILES string of the molecule is Cc1ccc2nc(-c3cc(NC(=S)NC(=O)CC(C)C)ccc3O)oc2c1. The van der Waals surface area contributed by atoms with Gasteiger partial charge in [-0.15, -0.1) is 0 Å². The Balaban J connectivity index is 1.81. The lowest BCUT2D eigenvalue weighted by Gasteiger charge is -2.11. The van der Waals surface area contributed by atoms with Gasteiger partial charge in [-0.05, 0) is 61.0 Å². The van der Waals surface area contributed by atoms with Crippen molar-refractivity contribution >= 4 is 40.0 Å². The molecule has 3 rings (SSSR count). The molecule has 3 N–H and O–H groups in total. The lowest BCUT2D eigenvalue weighted by atomic mass is 10.1. The smallest absolute Gasteiger partial charge is 0.231 e. The highest BCUT2D eigenvalue weighted by Gasteiger charge is 2.14. The molecule has 1 amide bonds. The van der Waals surface area contributed by atoms with E-state index in [-0.39, 0.29) is 22.7 Å². The Hall–Kier alpha value is -2.93. The lowest BCUT2D eigenvalue weighted by molar-refractivity contribution is -0.120. The fourth-order valence-corrected chi connectivity index (χ4v) is 2.87. The van der Waals surface area contributed by atoms with Crippen LogP contribution < -0.4 is 10.6 Å². The molecule has 2 aromatic carbocycles. The highest BCUT2D eigenvalue weighted by Crippen LogP contribution is 2.33. The van der Waals surface area contributed by atoms with Crippen LogP contribution in [-0.2, 0) is 4.79 Å². The van der Waals surface area contributed by atoms with E-state index in [4.69, 9.17) is 16.6 Å². The van der Waals surface area contributed by atoms with Gasteiger partial charge in [0.25, 0.3) is 0 Å². The normalized spacial score (nSPS) is 11.0. The van der Waals surface area contributed by atoms with Gasteiger partial charge in [-0.3, -0.25) is 4.79 Å². The summed E-state index contributed by atoms with van der Waals surface area (Å²) in [6.07, 6.45) is 0.394. The molecular weight excluding hydrogens is 362 g/mol. The lowest BCUT2D eigenvalue weighted by Crippen LogP contribution is -2.34. The molecule has 0 saturated carbocycles. The molecule has 0 bridgehead atoms. The van der Waals surface area contributed by atoms with Gasteiger partial charge in [0, 0.05) is 12.1 Å². The molecule has 1 aromatic heterocycles. The number of nitrogens with zero attached hydrogens (tertiary/aromatic N) is 1. The molecule has 1 heterocycles. The zero-order valence-corrected chi connectivity index (χ0v) is 16.2. The van der Waals surface area contributed by atoms with Crippen LogP contribution in [0.25, 0.3) is 22.6 Å². The second-order valence-corrected chi connectivity index (χ2v) is 7.23. The monoisotopic (exact) mass is 383 g/mol. The zero-order chi connectivity index (χ0) is 19.6. The number of carbonyl (C=O) groups excluding carboxylic acids is 1. The van der Waals surface area contributed by atoms with Crippen molar-refractivity contribution in [2.24, 2.45) is 5.92 Å². The standard InChI is InChI=1S/C20H21N3O3S/c1-11(2)8-18(25)23-20(27)21-13-5-7-16(24)14(10-13)19-22-15-6-4-12(3)9-17(15)26-19/h4-7,9-11,24H,8H2,1-3H3,(H2,21,23,25,27). The number of nitrogens with one attached hydrogen (secondary N) is 2. The van der Waals surface area contributed by atoms with E-state index in [1.807, 2.05) is 39.0 Å². The summed E-state index contributed by atoms with van der Waals surface area (Å²) < 4.78 is 5.78. The first-order valence-corrected chi connectivity index (χ1v) is 9.04. The minimum Gasteiger partial charge on any atom is -0.507 e. The van der Waals surface area contributed by atoms with E-state index in [1.54, 1.807) is 12.1 Å². The predicted molar refractivity (Wildman–Crippen MR) is 110 cm³/mol. The molecule has 0 spiro atoms. The van der Waals surface area contributed by atoms with Crippen LogP contribution in [0.2, 0.25) is 0 Å². The minimum atomic E-state index is -0.143. The molecule has 0 saturated heterocycles. The second-order valence-electron chi connectivity index (χ2n) is 6.82. The Kier molecular flexibility index (Phi) is 5.41. The van der Waals surface area contributed by atoms with E-state index in [9.17, 15) is 9.90 Å². The first-order valence-electron chi connectivity index (χ1n) is 8.63. The molecule has 140 valence electrons. The number of anilines is 1. The number of aromatic hydroxyl groups is 1. The summed E-state index contributed by atoms with van der Waals surface area (Å²) in [5.74, 6) is 0.455. The maximum Gasteiger partial charge on any atom is 0.231 e. The molecule has 0 aliphatic rings. The van der Waals surface area contributed by atoms with Crippen LogP contribution in [-0.4, -0.2) is 21.1 Å². The average molecular weight is 383 g/mol. The number of carbonyl (C=O) groups is 1. The number of aryl methyl sites for hydroxylation is 1. The van der Waals surface area contributed by atoms with E-state index in [2.05, 4.69) is 15.6 Å². The number of thiocarbonyl (C=S) groups is 1. The van der Waals surface area contributed by atoms with Gasteiger partial charge >= 0.3 is 0 Å². The van der Waals surface area contributed by atoms with Crippen molar-refractivity contribution in [1.82, 2.24) is 10.3 Å². The van der Waals surface area contributed by atoms with E-state index < -0.39 is 0 Å². The van der Waals surface area contributed by atoms with Crippen molar-refractivity contribution in [1.29, 1.82) is 0 Å². The van der Waals surface area contributed by atoms with Crippen LogP contribution in [0.3, 0.4) is 0 Å². The number of oxazole rings is 1. The van der Waals surface area contributed by atoms with Gasteiger partial charge in [0.15, 0.2) is 10.7 Å². The summed E-state index contributed by atoms with van der Waals surface area (Å²) >= 11 is 5.18. The number of benzene rings is 2. The van der Waals surface area contributed by atoms with Crippen molar-refractivity contribution in [3.05, 3.63) is 42.0 Å². The fraction of sp³-hybridized carbons (Fsp3) is 0.250. The molecule has 7 heteroatoms. The van der Waals surface area contributed by atoms with Gasteiger partial charge in [0.05, 0.1) is 5.56 Å². The number of phenolic OH excluding ortho intramolecular Hbond substituents is 1. The summed E-state index contributed by atoms with van der Waals surface area (Å²) in [6, 6.07) is 10.6. The Morgan fingerprint density at radius 2 is 2.04 bits per heavy atom. The number of phenols is 1. The van der Waals surface area contributed by atoms with Gasteiger partial charge in [-0.2, -0.15) is 0 Å². The van der Waals surface area contributed by atoms with Crippen molar-refractivity contribution in [2.45, 2.75) is 27.2 Å². The Labute approximate surface area is 162 Å². The van der Waals surface area contributed by atoms with Crippen LogP contribution >= 0.6 is 12.2 Å². The maximum atomic E-state index is 11.8. The molecule has 0 fully saturated rings. The summed E-state index contributed by atoms with van der Waals surface area (Å²) in [5.41, 5.74) is 3.47. The van der Waals surface area contributed by atoms with E-state index >= 15 is 0 Å². The van der Waals surface area contributed by atoms with Crippen molar-refractivity contribution in [3.8, 4) is 17.2 Å². The first-order chi connectivity index (χ1) is 12.8. The van der Waals surface area contributed by atoms with Gasteiger partial charge in [0.1, 0.15) is 11.3 Å². The molecular formula is C20H21N3O3S. The zero-order valence-electron chi connectivity index (χ0n) is 15.4. The van der Waals surface area contributed by atoms with Crippen molar-refractivity contribution < 1.29 is 14.3 Å². The van der Waals surface area contributed by atoms with Crippen LogP contribution in [0.5, 0.6) is 5.75 Å². The molecule has 0 aliphatic carbocycles. The summed E-state index contributed by atoms with van der Waals surface area (Å²) in [7, 11) is 0. The fourth-order valence-electron chi connectivity index (χ4n) is 2.64. The predicted octanol–water partition coefficient (Wildman–Crippen LogP) is 4.37. The quantitative estimate of drug-likeness (QED) is 0.458. The Morgan fingerprint density at radius 3 is 2.78 bits per heavy atom. The Bertz CT molecular complexity index is 1010. The summed E-state index contributed by atoms with van der Waals surface area (Å²) in [5, 5.41) is 16.0. The number of amides is 1. The van der Waals surface area contributed by atoms with E-state index in [0.717, 1.165) is 5.56 Å². The average Bonchev–Trinajstić information content (AvgIpc) is 2.98. The molecule has 0 unspecified atom stereocenters. The van der Waals surface area contributed by atoms with Crippen LogP contribution in [0.1, 0.15) is 25.8 Å². The molecule has 27 heavy (non-hydrogen) atoms. The molecule has 0 radical (unpaired) electrons. The largest absolute Gasteiger partial charge is 0.507 e. The molecule has 3 aromatic rings. The highest BCUT2D eigenvalue weighted by atomic mass is 32.1. The first kappa shape index (κ1) is 18.8. The van der Waals surface area contributed by atoms with Crippen molar-refractivity contribution in [3.63, 3.8) is 0 Å². The number of rotatable bonds is 4. The third-order valence-corrected chi connectivity index (χ3v) is 4.08. The Morgan fingerprint density at radius 1 is 1.26 bits per heavy atom.